The Morgan fingerprint density at radius 2 is 1.67 bits per heavy atom. The van der Waals surface area contributed by atoms with Gasteiger partial charge in [0.1, 0.15) is 6.04 Å². The number of carbonyl (C=O) groups excluding carboxylic acids is 2. The van der Waals surface area contributed by atoms with Crippen LogP contribution < -0.4 is 20.5 Å². The van der Waals surface area contributed by atoms with E-state index in [0.717, 1.165) is 0 Å². The van der Waals surface area contributed by atoms with Gasteiger partial charge < -0.3 is 30.5 Å². The van der Waals surface area contributed by atoms with Gasteiger partial charge in [0.25, 0.3) is 0 Å². The minimum absolute atomic E-state index is 0.00858. The van der Waals surface area contributed by atoms with Gasteiger partial charge in [-0.15, -0.1) is 0 Å². The Morgan fingerprint density at radius 1 is 0.977 bits per heavy atom. The lowest BCUT2D eigenvalue weighted by Gasteiger charge is -2.33. The number of ether oxygens (including phenoxy) is 2. The zero-order valence-corrected chi connectivity index (χ0v) is 25.1. The molecule has 3 aromatic rings. The highest BCUT2D eigenvalue weighted by molar-refractivity contribution is 7.92. The van der Waals surface area contributed by atoms with E-state index >= 15 is 0 Å². The summed E-state index contributed by atoms with van der Waals surface area (Å²) in [5.74, 6) is -2.53. The Labute approximate surface area is 250 Å². The molecule has 0 aromatic heterocycles. The maximum atomic E-state index is 14.5. The number of aliphatic carboxylic acids is 1. The predicted octanol–water partition coefficient (Wildman–Crippen LogP) is 3.81. The molecule has 1 heterocycles. The Hall–Kier alpha value is -4.58. The molecule has 1 aliphatic heterocycles. The third-order valence-electron chi connectivity index (χ3n) is 7.61. The van der Waals surface area contributed by atoms with E-state index in [-0.39, 0.29) is 29.0 Å². The van der Waals surface area contributed by atoms with Crippen molar-refractivity contribution in [2.75, 3.05) is 26.1 Å². The van der Waals surface area contributed by atoms with Crippen LogP contribution in [0.15, 0.2) is 71.6 Å². The van der Waals surface area contributed by atoms with Gasteiger partial charge in [-0.05, 0) is 67.8 Å². The molecule has 0 spiro atoms. The highest BCUT2D eigenvalue weighted by Crippen LogP contribution is 2.43. The van der Waals surface area contributed by atoms with Gasteiger partial charge in [-0.25, -0.2) is 8.42 Å². The zero-order valence-electron chi connectivity index (χ0n) is 24.3. The normalized spacial score (nSPS) is 17.4. The second-order valence-corrected chi connectivity index (χ2v) is 13.0. The second kappa shape index (κ2) is 12.7. The molecule has 4 rings (SSSR count). The quantitative estimate of drug-likeness (QED) is 0.293. The molecule has 0 bridgehead atoms. The van der Waals surface area contributed by atoms with E-state index in [9.17, 15) is 27.9 Å². The van der Waals surface area contributed by atoms with E-state index in [1.54, 1.807) is 68.4 Å². The van der Waals surface area contributed by atoms with E-state index in [4.69, 9.17) is 15.2 Å². The lowest BCUT2D eigenvalue weighted by molar-refractivity contribution is -0.143. The molecule has 1 aliphatic rings. The summed E-state index contributed by atoms with van der Waals surface area (Å²) >= 11 is 0. The molecule has 3 atom stereocenters. The molecule has 0 saturated carbocycles. The van der Waals surface area contributed by atoms with E-state index in [2.05, 4.69) is 5.32 Å². The third-order valence-corrected chi connectivity index (χ3v) is 9.83. The highest BCUT2D eigenvalue weighted by Gasteiger charge is 2.46. The van der Waals surface area contributed by atoms with Crippen molar-refractivity contribution < 1.29 is 37.4 Å². The van der Waals surface area contributed by atoms with Crippen molar-refractivity contribution in [2.45, 2.75) is 42.5 Å². The van der Waals surface area contributed by atoms with Crippen LogP contribution in [0.2, 0.25) is 0 Å². The topological polar surface area (TPSA) is 165 Å². The third kappa shape index (κ3) is 6.29. The number of benzene rings is 3. The minimum atomic E-state index is -3.81. The first-order chi connectivity index (χ1) is 20.4. The molecule has 11 nitrogen and oxygen atoms in total. The fourth-order valence-corrected chi connectivity index (χ4v) is 6.63. The predicted molar refractivity (Wildman–Crippen MR) is 160 cm³/mol. The Morgan fingerprint density at radius 3 is 2.30 bits per heavy atom. The van der Waals surface area contributed by atoms with Crippen molar-refractivity contribution >= 4 is 33.3 Å². The van der Waals surface area contributed by atoms with Crippen LogP contribution in [0.4, 0.5) is 5.69 Å². The average molecular weight is 610 g/mol. The van der Waals surface area contributed by atoms with Crippen molar-refractivity contribution in [2.24, 2.45) is 11.7 Å². The van der Waals surface area contributed by atoms with E-state index in [1.165, 1.54) is 31.3 Å². The van der Waals surface area contributed by atoms with E-state index in [0.29, 0.717) is 22.7 Å². The van der Waals surface area contributed by atoms with Crippen LogP contribution in [-0.4, -0.2) is 62.2 Å². The molecule has 2 amide bonds. The highest BCUT2D eigenvalue weighted by atomic mass is 32.2. The SMILES string of the molecule is COc1ccc([C@@H](Nc2cccc(C(N)=O)c2)C(=O)N2CC[C@H](C(=O)O)[C@@H]2c2ccccc2S(=O)(=O)C(C)C)cc1OC. The number of hydrogen-bond donors (Lipinski definition) is 3. The Balaban J connectivity index is 1.86. The molecule has 0 unspecified atom stereocenters. The summed E-state index contributed by atoms with van der Waals surface area (Å²) in [6, 6.07) is 15.4. The molecule has 43 heavy (non-hydrogen) atoms. The molecule has 228 valence electrons. The number of hydrogen-bond acceptors (Lipinski definition) is 8. The van der Waals surface area contributed by atoms with Crippen molar-refractivity contribution in [3.05, 3.63) is 83.4 Å². The van der Waals surface area contributed by atoms with Crippen LogP contribution in [0.1, 0.15) is 53.8 Å². The number of amides is 2. The van der Waals surface area contributed by atoms with Crippen molar-refractivity contribution in [3.8, 4) is 11.5 Å². The van der Waals surface area contributed by atoms with Gasteiger partial charge in [-0.2, -0.15) is 0 Å². The number of primary amides is 1. The van der Waals surface area contributed by atoms with E-state index in [1.807, 2.05) is 0 Å². The van der Waals surface area contributed by atoms with Gasteiger partial charge in [0.15, 0.2) is 21.3 Å². The van der Waals surface area contributed by atoms with Gasteiger partial charge in [0, 0.05) is 17.8 Å². The maximum Gasteiger partial charge on any atom is 0.309 e. The first-order valence-corrected chi connectivity index (χ1v) is 15.2. The lowest BCUT2D eigenvalue weighted by Crippen LogP contribution is -2.40. The first kappa shape index (κ1) is 31.4. The number of rotatable bonds is 11. The molecule has 12 heteroatoms. The molecular weight excluding hydrogens is 574 g/mol. The molecule has 0 radical (unpaired) electrons. The second-order valence-electron chi connectivity index (χ2n) is 10.5. The van der Waals surface area contributed by atoms with Gasteiger partial charge in [-0.1, -0.05) is 30.3 Å². The first-order valence-electron chi connectivity index (χ1n) is 13.6. The number of sulfone groups is 1. The number of carboxylic acid groups (broad SMARTS) is 1. The molecule has 4 N–H and O–H groups in total. The molecule has 1 fully saturated rings. The number of carboxylic acids is 1. The lowest BCUT2D eigenvalue weighted by atomic mass is 9.93. The van der Waals surface area contributed by atoms with Gasteiger partial charge in [0.05, 0.1) is 36.3 Å². The number of nitrogens with one attached hydrogen (secondary N) is 1. The number of likely N-dealkylation sites (tertiary alicyclic amines) is 1. The summed E-state index contributed by atoms with van der Waals surface area (Å²) < 4.78 is 37.5. The van der Waals surface area contributed by atoms with Crippen LogP contribution >= 0.6 is 0 Å². The van der Waals surface area contributed by atoms with Gasteiger partial charge in [0.2, 0.25) is 11.8 Å². The summed E-state index contributed by atoms with van der Waals surface area (Å²) in [5.41, 5.74) is 6.82. The monoisotopic (exact) mass is 609 g/mol. The number of carbonyl (C=O) groups is 3. The minimum Gasteiger partial charge on any atom is -0.493 e. The molecular formula is C31H35N3O8S. The van der Waals surface area contributed by atoms with Crippen molar-refractivity contribution in [1.29, 1.82) is 0 Å². The summed E-state index contributed by atoms with van der Waals surface area (Å²) in [5, 5.41) is 12.6. The maximum absolute atomic E-state index is 14.5. The number of anilines is 1. The van der Waals surface area contributed by atoms with Crippen molar-refractivity contribution in [3.63, 3.8) is 0 Å². The van der Waals surface area contributed by atoms with Crippen LogP contribution in [0.25, 0.3) is 0 Å². The summed E-state index contributed by atoms with van der Waals surface area (Å²) in [6.07, 6.45) is 0.123. The molecule has 0 aliphatic carbocycles. The summed E-state index contributed by atoms with van der Waals surface area (Å²) in [7, 11) is -0.871. The fraction of sp³-hybridized carbons (Fsp3) is 0.323. The standard InChI is InChI=1S/C31H35N3O8S/c1-18(2)43(39,40)26-11-6-5-10-22(26)28-23(31(37)38)14-15-34(28)30(36)27(19-12-13-24(41-3)25(17-19)42-4)33-21-9-7-8-20(16-21)29(32)35/h5-13,16-18,23,27-28,33H,14-15H2,1-4H3,(H2,32,35)(H,37,38)/t23-,27+,28-/m0/s1. The largest absolute Gasteiger partial charge is 0.493 e. The number of nitrogens with zero attached hydrogens (tertiary/aromatic N) is 1. The number of nitrogens with two attached hydrogens (primary N) is 1. The van der Waals surface area contributed by atoms with Crippen LogP contribution in [0.5, 0.6) is 11.5 Å². The van der Waals surface area contributed by atoms with Gasteiger partial charge in [-0.3, -0.25) is 14.4 Å². The average Bonchev–Trinajstić information content (AvgIpc) is 3.45. The van der Waals surface area contributed by atoms with Crippen LogP contribution in [0.3, 0.4) is 0 Å². The van der Waals surface area contributed by atoms with Gasteiger partial charge >= 0.3 is 5.97 Å². The molecule has 1 saturated heterocycles. The van der Waals surface area contributed by atoms with E-state index < -0.39 is 50.9 Å². The summed E-state index contributed by atoms with van der Waals surface area (Å²) in [6.45, 7) is 3.18. The summed E-state index contributed by atoms with van der Waals surface area (Å²) in [4.78, 5) is 40.2. The smallest absolute Gasteiger partial charge is 0.309 e. The fourth-order valence-electron chi connectivity index (χ4n) is 5.34. The van der Waals surface area contributed by atoms with Crippen molar-refractivity contribution in [1.82, 2.24) is 4.90 Å². The Bertz CT molecular complexity index is 1640. The Kier molecular flexibility index (Phi) is 9.29. The molecule has 3 aromatic carbocycles. The number of methoxy groups -OCH3 is 2. The zero-order chi connectivity index (χ0) is 31.5. The van der Waals surface area contributed by atoms with Crippen LogP contribution in [0, 0.1) is 5.92 Å². The van der Waals surface area contributed by atoms with Crippen LogP contribution in [-0.2, 0) is 19.4 Å².